The number of halogens is 1. The second-order valence-corrected chi connectivity index (χ2v) is 4.89. The Morgan fingerprint density at radius 2 is 2.25 bits per heavy atom. The largest absolute Gasteiger partial charge is 0.394 e. The Hall–Kier alpha value is -0.680. The van der Waals surface area contributed by atoms with E-state index in [4.69, 9.17) is 0 Å². The van der Waals surface area contributed by atoms with Crippen molar-refractivity contribution in [1.29, 1.82) is 0 Å². The Morgan fingerprint density at radius 3 is 3.00 bits per heavy atom. The van der Waals surface area contributed by atoms with Gasteiger partial charge in [0.05, 0.1) is 12.6 Å². The van der Waals surface area contributed by atoms with E-state index in [1.54, 1.807) is 6.33 Å². The molecule has 1 aromatic rings. The van der Waals surface area contributed by atoms with E-state index in [-0.39, 0.29) is 12.6 Å². The third kappa shape index (κ3) is 2.71. The Morgan fingerprint density at radius 1 is 1.38 bits per heavy atom. The summed E-state index contributed by atoms with van der Waals surface area (Å²) in [5, 5.41) is 9.42. The lowest BCUT2D eigenvalue weighted by molar-refractivity contribution is 0.254. The number of hydrogen-bond acceptors (Lipinski definition) is 4. The van der Waals surface area contributed by atoms with Crippen molar-refractivity contribution >= 4 is 21.7 Å². The van der Waals surface area contributed by atoms with E-state index in [9.17, 15) is 5.11 Å². The minimum absolute atomic E-state index is 0.196. The highest BCUT2D eigenvalue weighted by Crippen LogP contribution is 2.23. The van der Waals surface area contributed by atoms with E-state index in [2.05, 4.69) is 30.8 Å². The van der Waals surface area contributed by atoms with Crippen LogP contribution in [0.1, 0.15) is 25.7 Å². The van der Waals surface area contributed by atoms with Gasteiger partial charge >= 0.3 is 0 Å². The van der Waals surface area contributed by atoms with Gasteiger partial charge in [-0.2, -0.15) is 0 Å². The van der Waals surface area contributed by atoms with Crippen molar-refractivity contribution in [3.8, 4) is 0 Å². The first-order valence-electron chi connectivity index (χ1n) is 5.66. The highest BCUT2D eigenvalue weighted by atomic mass is 79.9. The van der Waals surface area contributed by atoms with Gasteiger partial charge in [-0.05, 0) is 28.8 Å². The van der Waals surface area contributed by atoms with Gasteiger partial charge in [-0.1, -0.05) is 12.8 Å². The molecular formula is C11H16BrN3O. The van der Waals surface area contributed by atoms with E-state index in [1.807, 2.05) is 6.07 Å². The second kappa shape index (κ2) is 5.59. The topological polar surface area (TPSA) is 49.2 Å². The number of aliphatic hydroxyl groups excluding tert-OH is 1. The maximum atomic E-state index is 9.42. The molecule has 2 heterocycles. The van der Waals surface area contributed by atoms with Gasteiger partial charge in [0.25, 0.3) is 0 Å². The summed E-state index contributed by atoms with van der Waals surface area (Å²) >= 11 is 3.35. The summed E-state index contributed by atoms with van der Waals surface area (Å²) in [7, 11) is 0. The summed E-state index contributed by atoms with van der Waals surface area (Å²) < 4.78 is 0.790. The average Bonchev–Trinajstić information content (AvgIpc) is 2.53. The van der Waals surface area contributed by atoms with Crippen LogP contribution in [0.2, 0.25) is 0 Å². The van der Waals surface area contributed by atoms with Crippen LogP contribution in [0.4, 0.5) is 5.82 Å². The molecule has 0 aliphatic carbocycles. The van der Waals surface area contributed by atoms with E-state index >= 15 is 0 Å². The molecule has 88 valence electrons. The van der Waals surface area contributed by atoms with Gasteiger partial charge < -0.3 is 10.0 Å². The molecule has 1 aliphatic heterocycles. The molecule has 5 heteroatoms. The zero-order valence-corrected chi connectivity index (χ0v) is 10.7. The lowest BCUT2D eigenvalue weighted by Gasteiger charge is -2.29. The number of nitrogens with zero attached hydrogens (tertiary/aromatic N) is 3. The maximum Gasteiger partial charge on any atom is 0.133 e. The van der Waals surface area contributed by atoms with Crippen LogP contribution >= 0.6 is 15.9 Å². The fraction of sp³-hybridized carbons (Fsp3) is 0.636. The zero-order valence-electron chi connectivity index (χ0n) is 9.14. The van der Waals surface area contributed by atoms with Gasteiger partial charge in [-0.3, -0.25) is 0 Å². The van der Waals surface area contributed by atoms with Crippen LogP contribution in [0.3, 0.4) is 0 Å². The van der Waals surface area contributed by atoms with Crippen molar-refractivity contribution in [1.82, 2.24) is 9.97 Å². The van der Waals surface area contributed by atoms with Crippen LogP contribution in [0, 0.1) is 0 Å². The standard InChI is InChI=1S/C11H16BrN3O/c12-10-6-11(14-8-13-10)15-5-3-1-2-4-9(15)7-16/h6,8-9,16H,1-5,7H2. The first kappa shape index (κ1) is 11.8. The van der Waals surface area contributed by atoms with Gasteiger partial charge in [0.1, 0.15) is 16.7 Å². The molecule has 1 N–H and O–H groups in total. The predicted molar refractivity (Wildman–Crippen MR) is 66.4 cm³/mol. The third-order valence-electron chi connectivity index (χ3n) is 3.00. The van der Waals surface area contributed by atoms with Gasteiger partial charge in [-0.25, -0.2) is 9.97 Å². The normalized spacial score (nSPS) is 21.9. The number of aliphatic hydroxyl groups is 1. The highest BCUT2D eigenvalue weighted by molar-refractivity contribution is 9.10. The average molecular weight is 286 g/mol. The summed E-state index contributed by atoms with van der Waals surface area (Å²) in [5.74, 6) is 0.905. The Kier molecular flexibility index (Phi) is 4.12. The summed E-state index contributed by atoms with van der Waals surface area (Å²) in [6.07, 6.45) is 6.18. The van der Waals surface area contributed by atoms with E-state index < -0.39 is 0 Å². The van der Waals surface area contributed by atoms with Crippen LogP contribution in [0.25, 0.3) is 0 Å². The monoisotopic (exact) mass is 285 g/mol. The van der Waals surface area contributed by atoms with Crippen molar-refractivity contribution in [2.75, 3.05) is 18.1 Å². The smallest absolute Gasteiger partial charge is 0.133 e. The third-order valence-corrected chi connectivity index (χ3v) is 3.44. The molecule has 0 spiro atoms. The number of anilines is 1. The highest BCUT2D eigenvalue weighted by Gasteiger charge is 2.21. The SMILES string of the molecule is OCC1CCCCCN1c1cc(Br)ncn1. The van der Waals surface area contributed by atoms with E-state index in [0.29, 0.717) is 0 Å². The molecular weight excluding hydrogens is 270 g/mol. The molecule has 0 radical (unpaired) electrons. The van der Waals surface area contributed by atoms with Gasteiger partial charge in [0.2, 0.25) is 0 Å². The summed E-state index contributed by atoms with van der Waals surface area (Å²) in [6, 6.07) is 2.11. The lowest BCUT2D eigenvalue weighted by atomic mass is 10.1. The Labute approximate surface area is 104 Å². The number of aromatic nitrogens is 2. The molecule has 0 bridgehead atoms. The number of hydrogen-bond donors (Lipinski definition) is 1. The van der Waals surface area contributed by atoms with Gasteiger partial charge in [-0.15, -0.1) is 0 Å². The minimum atomic E-state index is 0.196. The van der Waals surface area contributed by atoms with Gasteiger partial charge in [0.15, 0.2) is 0 Å². The van der Waals surface area contributed by atoms with Crippen molar-refractivity contribution in [2.24, 2.45) is 0 Å². The summed E-state index contributed by atoms with van der Waals surface area (Å²) in [6.45, 7) is 1.16. The molecule has 4 nitrogen and oxygen atoms in total. The molecule has 1 saturated heterocycles. The quantitative estimate of drug-likeness (QED) is 0.845. The van der Waals surface area contributed by atoms with Crippen molar-refractivity contribution in [2.45, 2.75) is 31.7 Å². The molecule has 0 aromatic carbocycles. The Balaban J connectivity index is 2.21. The number of rotatable bonds is 2. The van der Waals surface area contributed by atoms with E-state index in [0.717, 1.165) is 29.8 Å². The maximum absolute atomic E-state index is 9.42. The second-order valence-electron chi connectivity index (χ2n) is 4.08. The Bertz CT molecular complexity index is 348. The van der Waals surface area contributed by atoms with Crippen molar-refractivity contribution < 1.29 is 5.11 Å². The zero-order chi connectivity index (χ0) is 11.4. The van der Waals surface area contributed by atoms with Crippen molar-refractivity contribution in [3.05, 3.63) is 17.0 Å². The molecule has 1 unspecified atom stereocenters. The first-order chi connectivity index (χ1) is 7.81. The van der Waals surface area contributed by atoms with Crippen LogP contribution in [0.15, 0.2) is 17.0 Å². The fourth-order valence-electron chi connectivity index (χ4n) is 2.15. The molecule has 0 saturated carbocycles. The first-order valence-corrected chi connectivity index (χ1v) is 6.45. The van der Waals surface area contributed by atoms with Crippen LogP contribution < -0.4 is 4.90 Å². The minimum Gasteiger partial charge on any atom is -0.394 e. The molecule has 2 rings (SSSR count). The summed E-state index contributed by atoms with van der Waals surface area (Å²) in [4.78, 5) is 10.5. The fourth-order valence-corrected chi connectivity index (χ4v) is 2.45. The van der Waals surface area contributed by atoms with Crippen LogP contribution in [0.5, 0.6) is 0 Å². The lowest BCUT2D eigenvalue weighted by Crippen LogP contribution is -2.38. The molecule has 1 aliphatic rings. The molecule has 1 aromatic heterocycles. The molecule has 1 fully saturated rings. The van der Waals surface area contributed by atoms with E-state index in [1.165, 1.54) is 12.8 Å². The molecule has 1 atom stereocenters. The molecule has 16 heavy (non-hydrogen) atoms. The van der Waals surface area contributed by atoms with Gasteiger partial charge in [0, 0.05) is 12.6 Å². The van der Waals surface area contributed by atoms with Crippen molar-refractivity contribution in [3.63, 3.8) is 0 Å². The predicted octanol–water partition coefficient (Wildman–Crippen LogP) is 1.98. The molecule has 0 amide bonds. The van der Waals surface area contributed by atoms with Crippen LogP contribution in [-0.4, -0.2) is 34.3 Å². The summed E-state index contributed by atoms with van der Waals surface area (Å²) in [5.41, 5.74) is 0. The van der Waals surface area contributed by atoms with Crippen LogP contribution in [-0.2, 0) is 0 Å².